The standard InChI is InChI=1S/C18H26N6OS/c19-18-21-16(20-13-3-4-13)10-17(22-18)24-7-6-23(14(11-24)5-8-25)12-15-2-1-9-26-15/h1-2,9-10,13-14,25H,3-8,11-12H2,(H3,19,20,21,22)/t14-/m0/s1. The number of anilines is 3. The molecular formula is C18H26N6OS. The first kappa shape index (κ1) is 17.5. The summed E-state index contributed by atoms with van der Waals surface area (Å²) in [5, 5.41) is 15.0. The zero-order chi connectivity index (χ0) is 17.9. The molecule has 0 radical (unpaired) electrons. The third-order valence-corrected chi connectivity index (χ3v) is 5.85. The van der Waals surface area contributed by atoms with Crippen LogP contribution in [0, 0.1) is 0 Å². The maximum Gasteiger partial charge on any atom is 0.223 e. The molecule has 0 bridgehead atoms. The van der Waals surface area contributed by atoms with E-state index in [2.05, 4.69) is 42.6 Å². The Balaban J connectivity index is 1.47. The number of aliphatic hydroxyl groups excluding tert-OH is 1. The van der Waals surface area contributed by atoms with Crippen LogP contribution in [0.5, 0.6) is 0 Å². The first-order valence-electron chi connectivity index (χ1n) is 9.24. The summed E-state index contributed by atoms with van der Waals surface area (Å²) in [6.45, 7) is 3.81. The van der Waals surface area contributed by atoms with Crippen molar-refractivity contribution >= 4 is 28.9 Å². The van der Waals surface area contributed by atoms with Crippen molar-refractivity contribution in [2.45, 2.75) is 37.9 Å². The second-order valence-electron chi connectivity index (χ2n) is 7.05. The number of nitrogens with two attached hydrogens (primary N) is 1. The second kappa shape index (κ2) is 7.77. The van der Waals surface area contributed by atoms with E-state index in [1.54, 1.807) is 11.3 Å². The van der Waals surface area contributed by atoms with Gasteiger partial charge in [-0.2, -0.15) is 9.97 Å². The molecule has 1 atom stereocenters. The zero-order valence-corrected chi connectivity index (χ0v) is 15.7. The molecule has 1 aliphatic heterocycles. The molecule has 2 aliphatic rings. The number of nitrogens with one attached hydrogen (secondary N) is 1. The van der Waals surface area contributed by atoms with Crippen LogP contribution >= 0.6 is 11.3 Å². The highest BCUT2D eigenvalue weighted by atomic mass is 32.1. The molecule has 140 valence electrons. The molecule has 2 aromatic heterocycles. The lowest BCUT2D eigenvalue weighted by Crippen LogP contribution is -2.53. The van der Waals surface area contributed by atoms with Crippen molar-refractivity contribution in [1.29, 1.82) is 0 Å². The van der Waals surface area contributed by atoms with Gasteiger partial charge in [-0.05, 0) is 30.7 Å². The van der Waals surface area contributed by atoms with Crippen LogP contribution in [-0.4, -0.2) is 58.3 Å². The third-order valence-electron chi connectivity index (χ3n) is 4.99. The average Bonchev–Trinajstić information content (AvgIpc) is 3.28. The summed E-state index contributed by atoms with van der Waals surface area (Å²) < 4.78 is 0. The number of thiophene rings is 1. The molecule has 0 amide bonds. The van der Waals surface area contributed by atoms with E-state index in [1.165, 1.54) is 17.7 Å². The predicted molar refractivity (Wildman–Crippen MR) is 106 cm³/mol. The Morgan fingerprint density at radius 2 is 2.19 bits per heavy atom. The van der Waals surface area contributed by atoms with Crippen molar-refractivity contribution in [3.8, 4) is 0 Å². The molecular weight excluding hydrogens is 348 g/mol. The fourth-order valence-electron chi connectivity index (χ4n) is 3.46. The van der Waals surface area contributed by atoms with Crippen molar-refractivity contribution in [2.75, 3.05) is 42.2 Å². The number of hydrogen-bond acceptors (Lipinski definition) is 8. The minimum atomic E-state index is 0.194. The third kappa shape index (κ3) is 4.25. The summed E-state index contributed by atoms with van der Waals surface area (Å²) in [6.07, 6.45) is 3.15. The molecule has 0 spiro atoms. The highest BCUT2D eigenvalue weighted by molar-refractivity contribution is 7.09. The zero-order valence-electron chi connectivity index (χ0n) is 14.8. The molecule has 4 N–H and O–H groups in total. The van der Waals surface area contributed by atoms with Gasteiger partial charge in [0.1, 0.15) is 11.6 Å². The molecule has 2 fully saturated rings. The number of nitrogen functional groups attached to an aromatic ring is 1. The van der Waals surface area contributed by atoms with Gasteiger partial charge in [0, 0.05) is 55.8 Å². The summed E-state index contributed by atoms with van der Waals surface area (Å²) in [6, 6.07) is 7.09. The molecule has 1 saturated heterocycles. The normalized spacial score (nSPS) is 21.1. The first-order valence-corrected chi connectivity index (χ1v) is 10.1. The Labute approximate surface area is 157 Å². The Morgan fingerprint density at radius 1 is 1.31 bits per heavy atom. The van der Waals surface area contributed by atoms with Crippen LogP contribution in [0.4, 0.5) is 17.6 Å². The summed E-state index contributed by atoms with van der Waals surface area (Å²) in [5.74, 6) is 2.00. The van der Waals surface area contributed by atoms with Gasteiger partial charge >= 0.3 is 0 Å². The lowest BCUT2D eigenvalue weighted by molar-refractivity contribution is 0.136. The van der Waals surface area contributed by atoms with E-state index in [0.717, 1.165) is 44.2 Å². The van der Waals surface area contributed by atoms with Gasteiger partial charge in [-0.1, -0.05) is 6.07 Å². The van der Waals surface area contributed by atoms with Crippen molar-refractivity contribution in [2.24, 2.45) is 0 Å². The smallest absolute Gasteiger partial charge is 0.223 e. The Morgan fingerprint density at radius 3 is 2.92 bits per heavy atom. The maximum atomic E-state index is 9.52. The van der Waals surface area contributed by atoms with Gasteiger partial charge < -0.3 is 21.1 Å². The van der Waals surface area contributed by atoms with E-state index in [9.17, 15) is 5.11 Å². The number of aromatic nitrogens is 2. The van der Waals surface area contributed by atoms with Crippen molar-refractivity contribution in [3.05, 3.63) is 28.5 Å². The lowest BCUT2D eigenvalue weighted by atomic mass is 10.1. The molecule has 4 rings (SSSR count). The van der Waals surface area contributed by atoms with Gasteiger partial charge in [0.15, 0.2) is 0 Å². The molecule has 1 saturated carbocycles. The number of nitrogens with zero attached hydrogens (tertiary/aromatic N) is 4. The second-order valence-corrected chi connectivity index (χ2v) is 8.08. The van der Waals surface area contributed by atoms with E-state index in [-0.39, 0.29) is 6.61 Å². The van der Waals surface area contributed by atoms with Gasteiger partial charge in [-0.15, -0.1) is 11.3 Å². The van der Waals surface area contributed by atoms with Gasteiger partial charge in [0.05, 0.1) is 0 Å². The molecule has 8 heteroatoms. The van der Waals surface area contributed by atoms with Gasteiger partial charge in [0.2, 0.25) is 5.95 Å². The van der Waals surface area contributed by atoms with Crippen LogP contribution in [0.25, 0.3) is 0 Å². The largest absolute Gasteiger partial charge is 0.396 e. The van der Waals surface area contributed by atoms with E-state index in [4.69, 9.17) is 5.73 Å². The van der Waals surface area contributed by atoms with Gasteiger partial charge in [-0.3, -0.25) is 4.90 Å². The van der Waals surface area contributed by atoms with Crippen molar-refractivity contribution < 1.29 is 5.11 Å². The molecule has 0 aromatic carbocycles. The topological polar surface area (TPSA) is 90.5 Å². The predicted octanol–water partition coefficient (Wildman–Crippen LogP) is 1.77. The van der Waals surface area contributed by atoms with E-state index >= 15 is 0 Å². The minimum Gasteiger partial charge on any atom is -0.396 e. The van der Waals surface area contributed by atoms with E-state index in [1.807, 2.05) is 6.07 Å². The SMILES string of the molecule is Nc1nc(NC2CC2)cc(N2CCN(Cc3cccs3)[C@@H](CCO)C2)n1. The van der Waals surface area contributed by atoms with E-state index < -0.39 is 0 Å². The monoisotopic (exact) mass is 374 g/mol. The minimum absolute atomic E-state index is 0.194. The maximum absolute atomic E-state index is 9.52. The highest BCUT2D eigenvalue weighted by Gasteiger charge is 2.28. The number of piperazine rings is 1. The molecule has 1 aliphatic carbocycles. The Kier molecular flexibility index (Phi) is 5.23. The Hall–Kier alpha value is -1.90. The summed E-state index contributed by atoms with van der Waals surface area (Å²) in [7, 11) is 0. The van der Waals surface area contributed by atoms with Crippen molar-refractivity contribution in [1.82, 2.24) is 14.9 Å². The number of aliphatic hydroxyl groups is 1. The molecule has 3 heterocycles. The van der Waals surface area contributed by atoms with Gasteiger partial charge in [-0.25, -0.2) is 0 Å². The number of rotatable bonds is 7. The van der Waals surface area contributed by atoms with Crippen molar-refractivity contribution in [3.63, 3.8) is 0 Å². The van der Waals surface area contributed by atoms with Gasteiger partial charge in [0.25, 0.3) is 0 Å². The number of hydrogen-bond donors (Lipinski definition) is 3. The van der Waals surface area contributed by atoms with E-state index in [0.29, 0.717) is 18.0 Å². The lowest BCUT2D eigenvalue weighted by Gasteiger charge is -2.41. The van der Waals surface area contributed by atoms with Crippen LogP contribution in [0.15, 0.2) is 23.6 Å². The molecule has 7 nitrogen and oxygen atoms in total. The van der Waals surface area contributed by atoms with Crippen LogP contribution in [0.3, 0.4) is 0 Å². The summed E-state index contributed by atoms with van der Waals surface area (Å²) >= 11 is 1.79. The summed E-state index contributed by atoms with van der Waals surface area (Å²) in [4.78, 5) is 14.9. The summed E-state index contributed by atoms with van der Waals surface area (Å²) in [5.41, 5.74) is 5.94. The van der Waals surface area contributed by atoms with Crippen LogP contribution in [0.2, 0.25) is 0 Å². The Bertz CT molecular complexity index is 720. The van der Waals surface area contributed by atoms with Crippen LogP contribution < -0.4 is 16.0 Å². The van der Waals surface area contributed by atoms with Crippen LogP contribution in [-0.2, 0) is 6.54 Å². The fourth-order valence-corrected chi connectivity index (χ4v) is 4.19. The first-order chi connectivity index (χ1) is 12.7. The fraction of sp³-hybridized carbons (Fsp3) is 0.556. The van der Waals surface area contributed by atoms with Crippen LogP contribution in [0.1, 0.15) is 24.1 Å². The molecule has 26 heavy (non-hydrogen) atoms. The molecule has 2 aromatic rings. The quantitative estimate of drug-likeness (QED) is 0.680. The molecule has 0 unspecified atom stereocenters. The average molecular weight is 375 g/mol. The highest BCUT2D eigenvalue weighted by Crippen LogP contribution is 2.27.